The summed E-state index contributed by atoms with van der Waals surface area (Å²) in [5.74, 6) is -0.295. The maximum absolute atomic E-state index is 12.5. The first kappa shape index (κ1) is 26.2. The van der Waals surface area contributed by atoms with Gasteiger partial charge in [-0.3, -0.25) is 19.5 Å². The van der Waals surface area contributed by atoms with Crippen LogP contribution in [0.2, 0.25) is 0 Å². The Bertz CT molecular complexity index is 1690. The molecule has 5 rings (SSSR count). The summed E-state index contributed by atoms with van der Waals surface area (Å²) in [6, 6.07) is 21.0. The lowest BCUT2D eigenvalue weighted by Crippen LogP contribution is -2.44. The molecule has 200 valence electrons. The Labute approximate surface area is 226 Å². The highest BCUT2D eigenvalue weighted by Crippen LogP contribution is 2.25. The molecule has 1 aliphatic heterocycles. The SMILES string of the molecule is CN1CCN(c2ccc(N=Cc3c(O)[nH]c(=O)c4ccc(C=CNS(=O)(=O)c5ccccc5)cc34)cc2)CC1. The lowest BCUT2D eigenvalue weighted by molar-refractivity contribution is 0.313. The number of nitrogens with zero attached hydrogens (tertiary/aromatic N) is 3. The number of aliphatic imine (C=N–C) groups is 1. The second-order valence-electron chi connectivity index (χ2n) is 9.35. The van der Waals surface area contributed by atoms with E-state index in [0.717, 1.165) is 31.9 Å². The maximum Gasteiger partial charge on any atom is 0.261 e. The van der Waals surface area contributed by atoms with Crippen LogP contribution in [0.5, 0.6) is 5.88 Å². The molecule has 1 aromatic heterocycles. The van der Waals surface area contributed by atoms with E-state index in [9.17, 15) is 18.3 Å². The molecule has 9 nitrogen and oxygen atoms in total. The Balaban J connectivity index is 1.38. The molecule has 0 radical (unpaired) electrons. The first-order valence-electron chi connectivity index (χ1n) is 12.5. The van der Waals surface area contributed by atoms with Crippen molar-refractivity contribution in [3.05, 3.63) is 100 Å². The Morgan fingerprint density at radius 2 is 1.67 bits per heavy atom. The number of hydrogen-bond acceptors (Lipinski definition) is 7. The molecule has 4 aromatic rings. The predicted molar refractivity (Wildman–Crippen MR) is 155 cm³/mol. The van der Waals surface area contributed by atoms with Crippen LogP contribution in [0.25, 0.3) is 16.8 Å². The number of H-pyrrole nitrogens is 1. The van der Waals surface area contributed by atoms with Crippen molar-refractivity contribution in [2.24, 2.45) is 4.99 Å². The molecule has 0 aliphatic carbocycles. The fourth-order valence-electron chi connectivity index (χ4n) is 4.43. The van der Waals surface area contributed by atoms with Crippen LogP contribution in [-0.2, 0) is 10.0 Å². The van der Waals surface area contributed by atoms with E-state index in [1.165, 1.54) is 24.5 Å². The average Bonchev–Trinajstić information content (AvgIpc) is 2.94. The number of fused-ring (bicyclic) bond motifs is 1. The Morgan fingerprint density at radius 1 is 0.949 bits per heavy atom. The number of pyridine rings is 1. The van der Waals surface area contributed by atoms with Gasteiger partial charge in [-0.25, -0.2) is 8.42 Å². The third kappa shape index (κ3) is 6.02. The van der Waals surface area contributed by atoms with Gasteiger partial charge in [0.2, 0.25) is 5.88 Å². The summed E-state index contributed by atoms with van der Waals surface area (Å²) in [5, 5.41) is 11.4. The summed E-state index contributed by atoms with van der Waals surface area (Å²) >= 11 is 0. The van der Waals surface area contributed by atoms with Crippen LogP contribution in [0.3, 0.4) is 0 Å². The fourth-order valence-corrected chi connectivity index (χ4v) is 5.33. The second-order valence-corrected chi connectivity index (χ2v) is 11.1. The van der Waals surface area contributed by atoms with Crippen LogP contribution in [0.1, 0.15) is 11.1 Å². The number of likely N-dealkylation sites (N-methyl/N-ethyl adjacent to an activating group) is 1. The van der Waals surface area contributed by atoms with E-state index in [1.807, 2.05) is 24.3 Å². The summed E-state index contributed by atoms with van der Waals surface area (Å²) in [4.78, 5) is 24.3. The lowest BCUT2D eigenvalue weighted by atomic mass is 10.0. The zero-order valence-corrected chi connectivity index (χ0v) is 22.2. The minimum absolute atomic E-state index is 0.152. The van der Waals surface area contributed by atoms with Gasteiger partial charge in [0, 0.05) is 55.1 Å². The molecule has 1 saturated heterocycles. The quantitative estimate of drug-likeness (QED) is 0.306. The van der Waals surface area contributed by atoms with Crippen molar-refractivity contribution in [2.75, 3.05) is 38.1 Å². The van der Waals surface area contributed by atoms with E-state index in [4.69, 9.17) is 0 Å². The average molecular weight is 544 g/mol. The summed E-state index contributed by atoms with van der Waals surface area (Å²) in [6.45, 7) is 3.99. The molecule has 0 atom stereocenters. The van der Waals surface area contributed by atoms with Gasteiger partial charge in [0.05, 0.1) is 16.1 Å². The van der Waals surface area contributed by atoms with Crippen LogP contribution in [0.15, 0.2) is 93.7 Å². The number of aromatic hydroxyl groups is 1. The molecular weight excluding hydrogens is 514 g/mol. The van der Waals surface area contributed by atoms with Crippen molar-refractivity contribution in [2.45, 2.75) is 4.90 Å². The standard InChI is InChI=1S/C29H29N5O4S/c1-33-15-17-34(18-16-33)23-10-8-22(9-11-23)30-20-27-26-19-21(7-12-25(26)28(35)32-29(27)36)13-14-31-39(37,38)24-5-3-2-4-6-24/h2-14,19-20,31H,15-18H2,1H3,(H2,32,35,36). The minimum Gasteiger partial charge on any atom is -0.494 e. The number of rotatable bonds is 7. The number of aromatic amines is 1. The van der Waals surface area contributed by atoms with Crippen LogP contribution >= 0.6 is 0 Å². The van der Waals surface area contributed by atoms with Crippen LogP contribution < -0.4 is 15.2 Å². The third-order valence-corrected chi connectivity index (χ3v) is 8.02. The topological polar surface area (TPSA) is 118 Å². The predicted octanol–water partition coefficient (Wildman–Crippen LogP) is 3.69. The number of sulfonamides is 1. The largest absolute Gasteiger partial charge is 0.494 e. The number of anilines is 1. The minimum atomic E-state index is -3.70. The van der Waals surface area contributed by atoms with Crippen molar-refractivity contribution < 1.29 is 13.5 Å². The normalized spacial score (nSPS) is 14.9. The highest BCUT2D eigenvalue weighted by atomic mass is 32.2. The molecule has 3 N–H and O–H groups in total. The fraction of sp³-hybridized carbons (Fsp3) is 0.172. The molecule has 0 bridgehead atoms. The van der Waals surface area contributed by atoms with E-state index >= 15 is 0 Å². The van der Waals surface area contributed by atoms with Crippen molar-refractivity contribution in [1.29, 1.82) is 0 Å². The number of benzene rings is 3. The Hall–Kier alpha value is -4.41. The van der Waals surface area contributed by atoms with Gasteiger partial charge in [-0.05, 0) is 67.2 Å². The lowest BCUT2D eigenvalue weighted by Gasteiger charge is -2.34. The van der Waals surface area contributed by atoms with Gasteiger partial charge in [0.25, 0.3) is 15.6 Å². The second kappa shape index (κ2) is 11.1. The first-order chi connectivity index (χ1) is 18.8. The molecule has 0 saturated carbocycles. The highest BCUT2D eigenvalue weighted by molar-refractivity contribution is 7.89. The Kier molecular flexibility index (Phi) is 7.49. The van der Waals surface area contributed by atoms with Crippen LogP contribution in [0.4, 0.5) is 11.4 Å². The maximum atomic E-state index is 12.5. The molecule has 3 aromatic carbocycles. The molecule has 0 unspecified atom stereocenters. The van der Waals surface area contributed by atoms with Crippen LogP contribution in [0, 0.1) is 0 Å². The van der Waals surface area contributed by atoms with E-state index in [1.54, 1.807) is 42.5 Å². The highest BCUT2D eigenvalue weighted by Gasteiger charge is 2.14. The number of piperazine rings is 1. The zero-order valence-electron chi connectivity index (χ0n) is 21.4. The van der Waals surface area contributed by atoms with Gasteiger partial charge in [-0.1, -0.05) is 24.3 Å². The van der Waals surface area contributed by atoms with Gasteiger partial charge < -0.3 is 14.9 Å². The smallest absolute Gasteiger partial charge is 0.261 e. The number of nitrogens with one attached hydrogen (secondary N) is 2. The zero-order chi connectivity index (χ0) is 27.4. The molecule has 0 spiro atoms. The van der Waals surface area contributed by atoms with Gasteiger partial charge in [-0.2, -0.15) is 0 Å². The molecule has 39 heavy (non-hydrogen) atoms. The van der Waals surface area contributed by atoms with E-state index in [2.05, 4.69) is 31.5 Å². The molecule has 1 fully saturated rings. The first-order valence-corrected chi connectivity index (χ1v) is 14.0. The molecular formula is C29H29N5O4S. The molecule has 1 aliphatic rings. The van der Waals surface area contributed by atoms with Crippen molar-refractivity contribution in [3.63, 3.8) is 0 Å². The summed E-state index contributed by atoms with van der Waals surface area (Å²) < 4.78 is 27.3. The summed E-state index contributed by atoms with van der Waals surface area (Å²) in [5.41, 5.74) is 2.40. The summed E-state index contributed by atoms with van der Waals surface area (Å²) in [6.07, 6.45) is 4.42. The molecule has 2 heterocycles. The van der Waals surface area contributed by atoms with Gasteiger partial charge in [0.1, 0.15) is 0 Å². The van der Waals surface area contributed by atoms with E-state index < -0.39 is 15.6 Å². The van der Waals surface area contributed by atoms with Crippen molar-refractivity contribution in [1.82, 2.24) is 14.6 Å². The van der Waals surface area contributed by atoms with Gasteiger partial charge >= 0.3 is 0 Å². The Morgan fingerprint density at radius 3 is 2.38 bits per heavy atom. The molecule has 10 heteroatoms. The van der Waals surface area contributed by atoms with E-state index in [-0.39, 0.29) is 10.8 Å². The summed E-state index contributed by atoms with van der Waals surface area (Å²) in [7, 11) is -1.58. The molecule has 0 amide bonds. The third-order valence-electron chi connectivity index (χ3n) is 6.68. The van der Waals surface area contributed by atoms with E-state index in [0.29, 0.717) is 27.6 Å². The van der Waals surface area contributed by atoms with Gasteiger partial charge in [-0.15, -0.1) is 0 Å². The number of hydrogen-bond donors (Lipinski definition) is 3. The monoisotopic (exact) mass is 543 g/mol. The van der Waals surface area contributed by atoms with Gasteiger partial charge in [0.15, 0.2) is 0 Å². The van der Waals surface area contributed by atoms with Crippen molar-refractivity contribution in [3.8, 4) is 5.88 Å². The van der Waals surface area contributed by atoms with Crippen molar-refractivity contribution >= 4 is 44.5 Å². The number of aromatic nitrogens is 1. The van der Waals surface area contributed by atoms with Crippen LogP contribution in [-0.4, -0.2) is 62.8 Å².